The Kier molecular flexibility index (Phi) is 3.41. The molecule has 4 aromatic rings. The third-order valence-electron chi connectivity index (χ3n) is 3.52. The molecule has 0 spiro atoms. The van der Waals surface area contributed by atoms with E-state index in [0.717, 1.165) is 28.1 Å². The Hall–Kier alpha value is -3.27. The molecule has 0 fully saturated rings. The van der Waals surface area contributed by atoms with Crippen LogP contribution in [0.5, 0.6) is 0 Å². The monoisotopic (exact) mass is 298 g/mol. The van der Waals surface area contributed by atoms with Gasteiger partial charge in [0.05, 0.1) is 34.3 Å². The average molecular weight is 298 g/mol. The van der Waals surface area contributed by atoms with Crippen molar-refractivity contribution < 1.29 is 0 Å². The fourth-order valence-electron chi connectivity index (χ4n) is 2.37. The van der Waals surface area contributed by atoms with Crippen LogP contribution in [0.4, 0.5) is 0 Å². The molecule has 0 aliphatic heterocycles. The van der Waals surface area contributed by atoms with Crippen LogP contribution in [-0.2, 0) is 0 Å². The summed E-state index contributed by atoms with van der Waals surface area (Å²) in [5, 5.41) is 4.54. The average Bonchev–Trinajstić information content (AvgIpc) is 3.10. The minimum atomic E-state index is 0.818. The Labute approximate surface area is 133 Å². The lowest BCUT2D eigenvalue weighted by Gasteiger charge is -1.99. The number of aromatic nitrogens is 4. The molecule has 23 heavy (non-hydrogen) atoms. The molecule has 2 aromatic carbocycles. The SMILES string of the molecule is C(=C\c1ccn(-c2ccccc2)n1)/c1cnc2ccccc2n1. The van der Waals surface area contributed by atoms with Crippen LogP contribution in [-0.4, -0.2) is 19.7 Å². The molecular formula is C19H14N4. The van der Waals surface area contributed by atoms with Crippen LogP contribution in [0.15, 0.2) is 73.1 Å². The van der Waals surface area contributed by atoms with Gasteiger partial charge in [-0.3, -0.25) is 4.98 Å². The van der Waals surface area contributed by atoms with Crippen LogP contribution < -0.4 is 0 Å². The van der Waals surface area contributed by atoms with Gasteiger partial charge in [0.2, 0.25) is 0 Å². The lowest BCUT2D eigenvalue weighted by atomic mass is 10.3. The van der Waals surface area contributed by atoms with Crippen molar-refractivity contribution in [3.8, 4) is 5.69 Å². The largest absolute Gasteiger partial charge is 0.252 e. The summed E-state index contributed by atoms with van der Waals surface area (Å²) in [5.41, 5.74) is 4.53. The molecule has 0 atom stereocenters. The van der Waals surface area contributed by atoms with Crippen molar-refractivity contribution in [2.75, 3.05) is 0 Å². The van der Waals surface area contributed by atoms with Gasteiger partial charge in [0, 0.05) is 6.20 Å². The van der Waals surface area contributed by atoms with Crippen LogP contribution in [0.3, 0.4) is 0 Å². The molecule has 4 nitrogen and oxygen atoms in total. The second-order valence-corrected chi connectivity index (χ2v) is 5.14. The Balaban J connectivity index is 1.59. The van der Waals surface area contributed by atoms with Gasteiger partial charge in [-0.25, -0.2) is 9.67 Å². The lowest BCUT2D eigenvalue weighted by Crippen LogP contribution is -1.93. The molecule has 0 saturated carbocycles. The number of para-hydroxylation sites is 3. The van der Waals surface area contributed by atoms with Crippen molar-refractivity contribution in [3.05, 3.63) is 84.4 Å². The van der Waals surface area contributed by atoms with E-state index in [1.807, 2.05) is 83.7 Å². The standard InChI is InChI=1S/C19H14N4/c1-2-6-17(7-3-1)23-13-12-15(22-23)10-11-16-14-20-18-8-4-5-9-19(18)21-16/h1-14H/b11-10+. The lowest BCUT2D eigenvalue weighted by molar-refractivity contribution is 0.876. The second-order valence-electron chi connectivity index (χ2n) is 5.14. The molecule has 110 valence electrons. The number of rotatable bonds is 3. The smallest absolute Gasteiger partial charge is 0.0894 e. The van der Waals surface area contributed by atoms with E-state index in [0.29, 0.717) is 0 Å². The number of hydrogen-bond donors (Lipinski definition) is 0. The van der Waals surface area contributed by atoms with Crippen molar-refractivity contribution in [3.63, 3.8) is 0 Å². The first-order valence-corrected chi connectivity index (χ1v) is 7.39. The van der Waals surface area contributed by atoms with Crippen molar-refractivity contribution >= 4 is 23.2 Å². The molecule has 2 aromatic heterocycles. The molecule has 0 aliphatic carbocycles. The van der Waals surface area contributed by atoms with E-state index < -0.39 is 0 Å². The molecule has 2 heterocycles. The van der Waals surface area contributed by atoms with Crippen molar-refractivity contribution in [1.29, 1.82) is 0 Å². The summed E-state index contributed by atoms with van der Waals surface area (Å²) in [6.07, 6.45) is 7.59. The number of benzene rings is 2. The molecule has 0 amide bonds. The Morgan fingerprint density at radius 3 is 2.35 bits per heavy atom. The minimum Gasteiger partial charge on any atom is -0.252 e. The first-order chi connectivity index (χ1) is 11.4. The van der Waals surface area contributed by atoms with Gasteiger partial charge >= 0.3 is 0 Å². The summed E-state index contributed by atoms with van der Waals surface area (Å²) >= 11 is 0. The van der Waals surface area contributed by atoms with Gasteiger partial charge in [-0.1, -0.05) is 30.3 Å². The fraction of sp³-hybridized carbons (Fsp3) is 0. The molecule has 0 aliphatic rings. The van der Waals surface area contributed by atoms with Crippen LogP contribution in [0.2, 0.25) is 0 Å². The Morgan fingerprint density at radius 1 is 0.739 bits per heavy atom. The van der Waals surface area contributed by atoms with Gasteiger partial charge in [-0.15, -0.1) is 0 Å². The zero-order valence-corrected chi connectivity index (χ0v) is 12.4. The molecule has 0 bridgehead atoms. The van der Waals surface area contributed by atoms with Crippen molar-refractivity contribution in [2.45, 2.75) is 0 Å². The summed E-state index contributed by atoms with van der Waals surface area (Å²) in [4.78, 5) is 8.98. The summed E-state index contributed by atoms with van der Waals surface area (Å²) in [6.45, 7) is 0. The van der Waals surface area contributed by atoms with E-state index in [9.17, 15) is 0 Å². The Morgan fingerprint density at radius 2 is 1.48 bits per heavy atom. The summed E-state index contributed by atoms with van der Waals surface area (Å²) < 4.78 is 1.85. The zero-order chi connectivity index (χ0) is 15.5. The van der Waals surface area contributed by atoms with Crippen molar-refractivity contribution in [1.82, 2.24) is 19.7 Å². The van der Waals surface area contributed by atoms with Crippen LogP contribution in [0, 0.1) is 0 Å². The molecule has 0 N–H and O–H groups in total. The molecule has 4 rings (SSSR count). The van der Waals surface area contributed by atoms with E-state index in [1.54, 1.807) is 6.20 Å². The van der Waals surface area contributed by atoms with Gasteiger partial charge in [0.15, 0.2) is 0 Å². The molecule has 0 saturated heterocycles. The predicted molar refractivity (Wildman–Crippen MR) is 92.0 cm³/mol. The normalized spacial score (nSPS) is 11.3. The van der Waals surface area contributed by atoms with Crippen LogP contribution in [0.25, 0.3) is 28.9 Å². The number of fused-ring (bicyclic) bond motifs is 1. The van der Waals surface area contributed by atoms with E-state index in [2.05, 4.69) is 15.1 Å². The fourth-order valence-corrected chi connectivity index (χ4v) is 2.37. The van der Waals surface area contributed by atoms with E-state index >= 15 is 0 Å². The quantitative estimate of drug-likeness (QED) is 0.574. The highest BCUT2D eigenvalue weighted by Gasteiger charge is 1.99. The first kappa shape index (κ1) is 13.4. The van der Waals surface area contributed by atoms with Crippen LogP contribution >= 0.6 is 0 Å². The van der Waals surface area contributed by atoms with E-state index in [1.165, 1.54) is 0 Å². The van der Waals surface area contributed by atoms with Gasteiger partial charge in [-0.2, -0.15) is 5.10 Å². The second kappa shape index (κ2) is 5.85. The maximum Gasteiger partial charge on any atom is 0.0894 e. The maximum atomic E-state index is 4.57. The maximum absolute atomic E-state index is 4.57. The summed E-state index contributed by atoms with van der Waals surface area (Å²) in [6, 6.07) is 19.8. The third-order valence-corrected chi connectivity index (χ3v) is 3.52. The van der Waals surface area contributed by atoms with Gasteiger partial charge in [0.1, 0.15) is 0 Å². The Bertz CT molecular complexity index is 971. The molecular weight excluding hydrogens is 284 g/mol. The molecule has 4 heteroatoms. The number of hydrogen-bond acceptors (Lipinski definition) is 3. The van der Waals surface area contributed by atoms with Gasteiger partial charge in [-0.05, 0) is 42.5 Å². The van der Waals surface area contributed by atoms with E-state index in [-0.39, 0.29) is 0 Å². The highest BCUT2D eigenvalue weighted by Crippen LogP contribution is 2.12. The third kappa shape index (κ3) is 2.87. The van der Waals surface area contributed by atoms with E-state index in [4.69, 9.17) is 0 Å². The van der Waals surface area contributed by atoms with Gasteiger partial charge < -0.3 is 0 Å². The topological polar surface area (TPSA) is 43.6 Å². The minimum absolute atomic E-state index is 0.818. The zero-order valence-electron chi connectivity index (χ0n) is 12.4. The molecule has 0 unspecified atom stereocenters. The summed E-state index contributed by atoms with van der Waals surface area (Å²) in [5.74, 6) is 0. The number of nitrogens with zero attached hydrogens (tertiary/aromatic N) is 4. The van der Waals surface area contributed by atoms with Gasteiger partial charge in [0.25, 0.3) is 0 Å². The molecule has 0 radical (unpaired) electrons. The first-order valence-electron chi connectivity index (χ1n) is 7.39. The predicted octanol–water partition coefficient (Wildman–Crippen LogP) is 3.99. The highest BCUT2D eigenvalue weighted by atomic mass is 15.3. The van der Waals surface area contributed by atoms with Crippen molar-refractivity contribution in [2.24, 2.45) is 0 Å². The highest BCUT2D eigenvalue weighted by molar-refractivity contribution is 5.76. The van der Waals surface area contributed by atoms with Crippen LogP contribution in [0.1, 0.15) is 11.4 Å². The summed E-state index contributed by atoms with van der Waals surface area (Å²) in [7, 11) is 0.